The fraction of sp³-hybridized carbons (Fsp3) is 0.421. The number of carbonyl (C=O) groups excluding carboxylic acids is 1. The summed E-state index contributed by atoms with van der Waals surface area (Å²) in [7, 11) is 1.61. The fourth-order valence-electron chi connectivity index (χ4n) is 2.76. The first-order valence-electron chi connectivity index (χ1n) is 8.65. The van der Waals surface area contributed by atoms with Gasteiger partial charge in [-0.25, -0.2) is 9.97 Å². The Kier molecular flexibility index (Phi) is 6.38. The zero-order valence-corrected chi connectivity index (χ0v) is 15.9. The lowest BCUT2D eigenvalue weighted by atomic mass is 10.1. The average Bonchev–Trinajstić information content (AvgIpc) is 2.62. The van der Waals surface area contributed by atoms with Crippen molar-refractivity contribution in [3.8, 4) is 11.5 Å². The molecule has 2 aromatic rings. The van der Waals surface area contributed by atoms with Gasteiger partial charge in [0.15, 0.2) is 0 Å². The maximum absolute atomic E-state index is 12.9. The number of aryl methyl sites for hydroxylation is 1. The van der Waals surface area contributed by atoms with Crippen LogP contribution in [0, 0.1) is 6.92 Å². The highest BCUT2D eigenvalue weighted by atomic mass is 16.5. The molecular weight excluding hydrogens is 332 g/mol. The maximum Gasteiger partial charge on any atom is 0.257 e. The molecule has 1 aromatic carbocycles. The van der Waals surface area contributed by atoms with Crippen LogP contribution in [0.5, 0.6) is 11.5 Å². The largest absolute Gasteiger partial charge is 0.497 e. The van der Waals surface area contributed by atoms with Gasteiger partial charge in [0.2, 0.25) is 5.95 Å². The van der Waals surface area contributed by atoms with Crippen LogP contribution in [0.4, 0.5) is 5.95 Å². The van der Waals surface area contributed by atoms with Crippen molar-refractivity contribution in [3.05, 3.63) is 41.2 Å². The van der Waals surface area contributed by atoms with Gasteiger partial charge in [-0.05, 0) is 52.0 Å². The number of rotatable bonds is 7. The van der Waals surface area contributed by atoms with Crippen molar-refractivity contribution in [2.45, 2.75) is 33.8 Å². The molecule has 0 spiro atoms. The summed E-state index contributed by atoms with van der Waals surface area (Å²) in [5.74, 6) is 1.39. The summed E-state index contributed by atoms with van der Waals surface area (Å²) < 4.78 is 11.1. The van der Waals surface area contributed by atoms with E-state index in [2.05, 4.69) is 9.97 Å². The van der Waals surface area contributed by atoms with Gasteiger partial charge in [-0.3, -0.25) is 4.79 Å². The second kappa shape index (κ2) is 8.51. The van der Waals surface area contributed by atoms with Crippen LogP contribution >= 0.6 is 0 Å². The Labute approximate surface area is 154 Å². The number of carbonyl (C=O) groups is 1. The number of nitrogen functional groups attached to an aromatic ring is 1. The molecule has 0 saturated carbocycles. The molecule has 0 radical (unpaired) electrons. The van der Waals surface area contributed by atoms with Crippen molar-refractivity contribution in [2.24, 2.45) is 0 Å². The first kappa shape index (κ1) is 19.5. The number of benzene rings is 1. The third kappa shape index (κ3) is 4.22. The molecule has 0 fully saturated rings. The zero-order chi connectivity index (χ0) is 19.3. The Morgan fingerprint density at radius 2 is 1.73 bits per heavy atom. The monoisotopic (exact) mass is 358 g/mol. The molecule has 2 N–H and O–H groups in total. The molecule has 7 heteroatoms. The molecule has 26 heavy (non-hydrogen) atoms. The standard InChI is InChI=1S/C19H26N4O3/c1-6-23(7-2)18(24)16-12(3)21-19(20)22-17(16)13(4)26-15-10-8-14(25-5)9-11-15/h8-11,13H,6-7H2,1-5H3,(H2,20,21,22). The second-order valence-electron chi connectivity index (χ2n) is 5.84. The van der Waals surface area contributed by atoms with E-state index in [1.807, 2.05) is 32.9 Å². The van der Waals surface area contributed by atoms with Crippen LogP contribution in [0.2, 0.25) is 0 Å². The SMILES string of the molecule is CCN(CC)C(=O)c1c(C)nc(N)nc1C(C)Oc1ccc(OC)cc1. The van der Waals surface area contributed by atoms with E-state index in [1.54, 1.807) is 31.1 Å². The predicted molar refractivity (Wildman–Crippen MR) is 100 cm³/mol. The Bertz CT molecular complexity index is 758. The third-order valence-electron chi connectivity index (χ3n) is 4.16. The van der Waals surface area contributed by atoms with E-state index in [0.717, 1.165) is 5.75 Å². The summed E-state index contributed by atoms with van der Waals surface area (Å²) in [6.45, 7) is 8.68. The third-order valence-corrected chi connectivity index (χ3v) is 4.16. The van der Waals surface area contributed by atoms with Crippen LogP contribution in [0.3, 0.4) is 0 Å². The van der Waals surface area contributed by atoms with Crippen LogP contribution in [0.1, 0.15) is 48.6 Å². The Morgan fingerprint density at radius 1 is 1.15 bits per heavy atom. The zero-order valence-electron chi connectivity index (χ0n) is 15.9. The van der Waals surface area contributed by atoms with Gasteiger partial charge in [-0.2, -0.15) is 0 Å². The molecule has 1 aromatic heterocycles. The molecule has 140 valence electrons. The molecule has 0 bridgehead atoms. The van der Waals surface area contributed by atoms with Crippen molar-refractivity contribution >= 4 is 11.9 Å². The van der Waals surface area contributed by atoms with Crippen LogP contribution in [-0.4, -0.2) is 41.0 Å². The van der Waals surface area contributed by atoms with Crippen LogP contribution in [-0.2, 0) is 0 Å². The number of anilines is 1. The van der Waals surface area contributed by atoms with Crippen molar-refractivity contribution < 1.29 is 14.3 Å². The molecule has 7 nitrogen and oxygen atoms in total. The van der Waals surface area contributed by atoms with Gasteiger partial charge >= 0.3 is 0 Å². The minimum absolute atomic E-state index is 0.118. The minimum atomic E-state index is -0.470. The van der Waals surface area contributed by atoms with Gasteiger partial charge in [0.25, 0.3) is 5.91 Å². The van der Waals surface area contributed by atoms with Gasteiger partial charge in [0, 0.05) is 13.1 Å². The maximum atomic E-state index is 12.9. The van der Waals surface area contributed by atoms with Crippen molar-refractivity contribution in [2.75, 3.05) is 25.9 Å². The number of nitrogens with two attached hydrogens (primary N) is 1. The predicted octanol–water partition coefficient (Wildman–Crippen LogP) is 3.00. The van der Waals surface area contributed by atoms with E-state index in [1.165, 1.54) is 0 Å². The Balaban J connectivity index is 2.38. The summed E-state index contributed by atoms with van der Waals surface area (Å²) in [5, 5.41) is 0. The number of hydrogen-bond donors (Lipinski definition) is 1. The topological polar surface area (TPSA) is 90.6 Å². The summed E-state index contributed by atoms with van der Waals surface area (Å²) in [4.78, 5) is 23.1. The first-order chi connectivity index (χ1) is 12.4. The van der Waals surface area contributed by atoms with E-state index in [-0.39, 0.29) is 11.9 Å². The van der Waals surface area contributed by atoms with Crippen molar-refractivity contribution in [1.82, 2.24) is 14.9 Å². The Hall–Kier alpha value is -2.83. The second-order valence-corrected chi connectivity index (χ2v) is 5.84. The number of amides is 1. The van der Waals surface area contributed by atoms with Gasteiger partial charge < -0.3 is 20.1 Å². The molecular formula is C19H26N4O3. The summed E-state index contributed by atoms with van der Waals surface area (Å²) in [5.41, 5.74) is 7.31. The molecule has 1 heterocycles. The van der Waals surface area contributed by atoms with Crippen LogP contribution in [0.25, 0.3) is 0 Å². The summed E-state index contributed by atoms with van der Waals surface area (Å²) in [6, 6.07) is 7.23. The van der Waals surface area contributed by atoms with Gasteiger partial charge in [0.05, 0.1) is 24.1 Å². The lowest BCUT2D eigenvalue weighted by Gasteiger charge is -2.23. The number of nitrogens with zero attached hydrogens (tertiary/aromatic N) is 3. The van der Waals surface area contributed by atoms with Crippen LogP contribution in [0.15, 0.2) is 24.3 Å². The van der Waals surface area contributed by atoms with E-state index in [0.29, 0.717) is 35.8 Å². The normalized spacial score (nSPS) is 11.7. The molecule has 1 amide bonds. The lowest BCUT2D eigenvalue weighted by molar-refractivity contribution is 0.0765. The van der Waals surface area contributed by atoms with E-state index < -0.39 is 6.10 Å². The van der Waals surface area contributed by atoms with Gasteiger partial charge in [-0.15, -0.1) is 0 Å². The molecule has 1 atom stereocenters. The average molecular weight is 358 g/mol. The highest BCUT2D eigenvalue weighted by molar-refractivity contribution is 5.96. The molecule has 0 aliphatic heterocycles. The van der Waals surface area contributed by atoms with Crippen LogP contribution < -0.4 is 15.2 Å². The van der Waals surface area contributed by atoms with E-state index >= 15 is 0 Å². The lowest BCUT2D eigenvalue weighted by Crippen LogP contribution is -2.33. The first-order valence-corrected chi connectivity index (χ1v) is 8.65. The number of hydrogen-bond acceptors (Lipinski definition) is 6. The summed E-state index contributed by atoms with van der Waals surface area (Å²) >= 11 is 0. The minimum Gasteiger partial charge on any atom is -0.497 e. The molecule has 0 saturated heterocycles. The van der Waals surface area contributed by atoms with Gasteiger partial charge in [0.1, 0.15) is 17.6 Å². The van der Waals surface area contributed by atoms with E-state index in [9.17, 15) is 4.79 Å². The number of ether oxygens (including phenoxy) is 2. The number of methoxy groups -OCH3 is 1. The molecule has 1 unspecified atom stereocenters. The van der Waals surface area contributed by atoms with Gasteiger partial charge in [-0.1, -0.05) is 0 Å². The summed E-state index contributed by atoms with van der Waals surface area (Å²) in [6.07, 6.45) is -0.470. The van der Waals surface area contributed by atoms with E-state index in [4.69, 9.17) is 15.2 Å². The smallest absolute Gasteiger partial charge is 0.257 e. The molecule has 2 rings (SSSR count). The molecule has 0 aliphatic rings. The highest BCUT2D eigenvalue weighted by Crippen LogP contribution is 2.27. The fourth-order valence-corrected chi connectivity index (χ4v) is 2.76. The van der Waals surface area contributed by atoms with Crippen molar-refractivity contribution in [3.63, 3.8) is 0 Å². The molecule has 0 aliphatic carbocycles. The highest BCUT2D eigenvalue weighted by Gasteiger charge is 2.26. The number of aromatic nitrogens is 2. The Morgan fingerprint density at radius 3 is 2.27 bits per heavy atom. The quantitative estimate of drug-likeness (QED) is 0.818. The van der Waals surface area contributed by atoms with Crippen molar-refractivity contribution in [1.29, 1.82) is 0 Å².